The van der Waals surface area contributed by atoms with Crippen LogP contribution in [0.25, 0.3) is 0 Å². The molecule has 0 spiro atoms. The molecule has 0 atom stereocenters. The number of carbonyl (C=O) groups is 1. The van der Waals surface area contributed by atoms with Gasteiger partial charge < -0.3 is 14.3 Å². The zero-order valence-electron chi connectivity index (χ0n) is 11.6. The fraction of sp³-hybridized carbons (Fsp3) is 0.375. The van der Waals surface area contributed by atoms with Crippen LogP contribution in [-0.2, 0) is 6.42 Å². The van der Waals surface area contributed by atoms with Gasteiger partial charge in [0.05, 0.1) is 11.8 Å². The van der Waals surface area contributed by atoms with E-state index in [1.165, 1.54) is 0 Å². The minimum Gasteiger partial charge on any atom is -0.468 e. The highest BCUT2D eigenvalue weighted by Gasteiger charge is 2.34. The molecule has 4 rings (SSSR count). The highest BCUT2D eigenvalue weighted by Crippen LogP contribution is 2.42. The summed E-state index contributed by atoms with van der Waals surface area (Å²) in [6, 6.07) is 3.61. The van der Waals surface area contributed by atoms with Crippen LogP contribution in [0, 0.1) is 0 Å². The molecule has 1 saturated carbocycles. The highest BCUT2D eigenvalue weighted by atomic mass is 16.3. The monoisotopic (exact) mass is 284 g/mol. The quantitative estimate of drug-likeness (QED) is 0.921. The Bertz CT molecular complexity index is 755. The van der Waals surface area contributed by atoms with Crippen LogP contribution in [-0.4, -0.2) is 17.4 Å². The minimum absolute atomic E-state index is 0.122. The van der Waals surface area contributed by atoms with Crippen LogP contribution >= 0.6 is 0 Å². The molecule has 5 heteroatoms. The number of amides is 1. The Hall–Kier alpha value is -2.30. The zero-order valence-corrected chi connectivity index (χ0v) is 11.6. The van der Waals surface area contributed by atoms with Crippen LogP contribution in [0.5, 0.6) is 0 Å². The number of aryl methyl sites for hydroxylation is 1. The third-order valence-corrected chi connectivity index (χ3v) is 4.23. The number of fused-ring (bicyclic) bond motifs is 1. The Balaban J connectivity index is 1.76. The first-order valence-electron chi connectivity index (χ1n) is 7.35. The second kappa shape index (κ2) is 4.62. The summed E-state index contributed by atoms with van der Waals surface area (Å²) in [6.45, 7) is 0.578. The Morgan fingerprint density at radius 2 is 2.19 bits per heavy atom. The van der Waals surface area contributed by atoms with Crippen molar-refractivity contribution in [1.82, 2.24) is 4.98 Å². The van der Waals surface area contributed by atoms with E-state index in [2.05, 4.69) is 4.98 Å². The second-order valence-electron chi connectivity index (χ2n) is 5.71. The molecule has 2 aromatic heterocycles. The third-order valence-electron chi connectivity index (χ3n) is 4.23. The van der Waals surface area contributed by atoms with E-state index >= 15 is 0 Å². The number of aromatic nitrogens is 1. The summed E-state index contributed by atoms with van der Waals surface area (Å²) in [7, 11) is 0. The predicted molar refractivity (Wildman–Crippen MR) is 77.7 cm³/mol. The molecule has 1 N–H and O–H groups in total. The van der Waals surface area contributed by atoms with Crippen molar-refractivity contribution in [3.05, 3.63) is 51.8 Å². The molecule has 0 aromatic carbocycles. The van der Waals surface area contributed by atoms with E-state index in [1.54, 1.807) is 23.4 Å². The molecule has 3 heterocycles. The molecule has 0 radical (unpaired) electrons. The molecule has 1 fully saturated rings. The molecular weight excluding hydrogens is 268 g/mol. The number of hydrogen-bond acceptors (Lipinski definition) is 3. The largest absolute Gasteiger partial charge is 0.468 e. The van der Waals surface area contributed by atoms with Crippen molar-refractivity contribution < 1.29 is 9.21 Å². The first-order chi connectivity index (χ1) is 10.3. The lowest BCUT2D eigenvalue weighted by Crippen LogP contribution is -2.39. The smallest absolute Gasteiger partial charge is 0.272 e. The lowest BCUT2D eigenvalue weighted by Gasteiger charge is -2.28. The molecule has 1 aliphatic carbocycles. The number of carbonyl (C=O) groups excluding carboxylic acids is 1. The van der Waals surface area contributed by atoms with Crippen molar-refractivity contribution in [1.29, 1.82) is 0 Å². The number of H-pyrrole nitrogens is 1. The number of nitrogens with one attached hydrogen (secondary N) is 1. The number of furan rings is 1. The van der Waals surface area contributed by atoms with Crippen LogP contribution in [0.1, 0.15) is 46.9 Å². The maximum absolute atomic E-state index is 12.8. The molecular formula is C16H16N2O3. The molecule has 108 valence electrons. The average molecular weight is 284 g/mol. The lowest BCUT2D eigenvalue weighted by atomic mass is 10.0. The summed E-state index contributed by atoms with van der Waals surface area (Å²) in [5.41, 5.74) is 1.84. The number of pyridine rings is 1. The van der Waals surface area contributed by atoms with E-state index in [1.807, 2.05) is 6.07 Å². The van der Waals surface area contributed by atoms with Crippen LogP contribution < -0.4 is 10.5 Å². The lowest BCUT2D eigenvalue weighted by molar-refractivity contribution is 0.0982. The zero-order chi connectivity index (χ0) is 14.4. The Morgan fingerprint density at radius 1 is 1.33 bits per heavy atom. The molecule has 2 aliphatic rings. The first-order valence-corrected chi connectivity index (χ1v) is 7.35. The number of aromatic amines is 1. The van der Waals surface area contributed by atoms with Gasteiger partial charge in [-0.1, -0.05) is 0 Å². The van der Waals surface area contributed by atoms with Gasteiger partial charge in [0.2, 0.25) is 0 Å². The van der Waals surface area contributed by atoms with Crippen LogP contribution in [0.4, 0.5) is 5.69 Å². The number of nitrogens with zero attached hydrogens (tertiary/aromatic N) is 1. The van der Waals surface area contributed by atoms with Crippen molar-refractivity contribution in [3.63, 3.8) is 0 Å². The molecule has 1 aliphatic heterocycles. The van der Waals surface area contributed by atoms with Gasteiger partial charge >= 0.3 is 0 Å². The van der Waals surface area contributed by atoms with Gasteiger partial charge in [-0.2, -0.15) is 0 Å². The number of anilines is 1. The summed E-state index contributed by atoms with van der Waals surface area (Å²) < 4.78 is 5.49. The summed E-state index contributed by atoms with van der Waals surface area (Å²) in [4.78, 5) is 29.2. The van der Waals surface area contributed by atoms with E-state index in [0.29, 0.717) is 23.7 Å². The van der Waals surface area contributed by atoms with Crippen LogP contribution in [0.15, 0.2) is 33.8 Å². The van der Waals surface area contributed by atoms with Crippen molar-refractivity contribution in [2.45, 2.75) is 31.6 Å². The van der Waals surface area contributed by atoms with Gasteiger partial charge in [-0.15, -0.1) is 0 Å². The molecule has 0 saturated heterocycles. The van der Waals surface area contributed by atoms with E-state index in [4.69, 9.17) is 4.42 Å². The maximum Gasteiger partial charge on any atom is 0.272 e. The predicted octanol–water partition coefficient (Wildman–Crippen LogP) is 2.44. The number of hydrogen-bond donors (Lipinski definition) is 1. The van der Waals surface area contributed by atoms with Crippen LogP contribution in [0.2, 0.25) is 0 Å². The van der Waals surface area contributed by atoms with E-state index in [0.717, 1.165) is 37.0 Å². The standard InChI is InChI=1S/C16H16N2O3/c19-15-13-10(5-7-17-15)2-1-8-18(13)16(20)12-6-9-21-14(12)11-3-4-11/h5-7,9,11H,1-4,8H2,(H,17,19). The molecule has 21 heavy (non-hydrogen) atoms. The van der Waals surface area contributed by atoms with Crippen molar-refractivity contribution >= 4 is 11.6 Å². The summed E-state index contributed by atoms with van der Waals surface area (Å²) in [5, 5.41) is 0. The highest BCUT2D eigenvalue weighted by molar-refractivity contribution is 6.07. The Labute approximate surface area is 121 Å². The summed E-state index contributed by atoms with van der Waals surface area (Å²) >= 11 is 0. The average Bonchev–Trinajstić information content (AvgIpc) is 3.23. The molecule has 0 unspecified atom stereocenters. The normalized spacial score (nSPS) is 17.6. The summed E-state index contributed by atoms with van der Waals surface area (Å²) in [5.74, 6) is 1.03. The molecule has 0 bridgehead atoms. The van der Waals surface area contributed by atoms with Crippen molar-refractivity contribution in [2.24, 2.45) is 0 Å². The van der Waals surface area contributed by atoms with E-state index in [-0.39, 0.29) is 11.5 Å². The SMILES string of the molecule is O=C(c1ccoc1C1CC1)N1CCCc2cc[nH]c(=O)c21. The maximum atomic E-state index is 12.8. The van der Waals surface area contributed by atoms with Crippen molar-refractivity contribution in [2.75, 3.05) is 11.4 Å². The van der Waals surface area contributed by atoms with Gasteiger partial charge in [-0.25, -0.2) is 0 Å². The Morgan fingerprint density at radius 3 is 3.00 bits per heavy atom. The van der Waals surface area contributed by atoms with E-state index < -0.39 is 0 Å². The van der Waals surface area contributed by atoms with Crippen molar-refractivity contribution in [3.8, 4) is 0 Å². The topological polar surface area (TPSA) is 66.3 Å². The van der Waals surface area contributed by atoms with Gasteiger partial charge in [-0.05, 0) is 43.4 Å². The molecule has 1 amide bonds. The fourth-order valence-electron chi connectivity index (χ4n) is 3.06. The van der Waals surface area contributed by atoms with E-state index in [9.17, 15) is 9.59 Å². The van der Waals surface area contributed by atoms with Gasteiger partial charge in [0.25, 0.3) is 11.5 Å². The fourth-order valence-corrected chi connectivity index (χ4v) is 3.06. The summed E-state index contributed by atoms with van der Waals surface area (Å²) in [6.07, 6.45) is 7.07. The third kappa shape index (κ3) is 2.00. The first kappa shape index (κ1) is 12.4. The second-order valence-corrected chi connectivity index (χ2v) is 5.71. The Kier molecular flexibility index (Phi) is 2.74. The van der Waals surface area contributed by atoms with Gasteiger partial charge in [0, 0.05) is 18.7 Å². The number of rotatable bonds is 2. The minimum atomic E-state index is -0.197. The van der Waals surface area contributed by atoms with Gasteiger partial charge in [0.15, 0.2) is 0 Å². The molecule has 5 nitrogen and oxygen atoms in total. The molecule has 2 aromatic rings. The van der Waals surface area contributed by atoms with Crippen LogP contribution in [0.3, 0.4) is 0 Å². The van der Waals surface area contributed by atoms with Gasteiger partial charge in [0.1, 0.15) is 11.4 Å². The van der Waals surface area contributed by atoms with Gasteiger partial charge in [-0.3, -0.25) is 9.59 Å².